The summed E-state index contributed by atoms with van der Waals surface area (Å²) in [5.41, 5.74) is 4.65. The number of anilines is 2. The van der Waals surface area contributed by atoms with Crippen molar-refractivity contribution in [3.63, 3.8) is 0 Å². The van der Waals surface area contributed by atoms with E-state index in [1.165, 1.54) is 0 Å². The summed E-state index contributed by atoms with van der Waals surface area (Å²) in [6, 6.07) is 5.67. The molecule has 0 saturated heterocycles. The predicted octanol–water partition coefficient (Wildman–Crippen LogP) is 2.42. The Hall–Kier alpha value is -2.71. The minimum Gasteiger partial charge on any atom is -0.375 e. The van der Waals surface area contributed by atoms with Crippen LogP contribution in [0, 0.1) is 0 Å². The fourth-order valence-electron chi connectivity index (χ4n) is 3.97. The number of nitrogens with zero attached hydrogens (tertiary/aromatic N) is 1. The molecule has 0 bridgehead atoms. The maximum atomic E-state index is 12.4. The molecule has 2 aromatic rings. The highest BCUT2D eigenvalue weighted by atomic mass is 32.1. The lowest BCUT2D eigenvalue weighted by Crippen LogP contribution is -2.40. The van der Waals surface area contributed by atoms with Crippen molar-refractivity contribution in [2.45, 2.75) is 31.8 Å². The van der Waals surface area contributed by atoms with Gasteiger partial charge in [0.1, 0.15) is 6.10 Å². The van der Waals surface area contributed by atoms with Crippen LogP contribution in [-0.4, -0.2) is 37.9 Å². The molecular weight excluding hydrogens is 390 g/mol. The van der Waals surface area contributed by atoms with Gasteiger partial charge in [0.2, 0.25) is 5.91 Å². The van der Waals surface area contributed by atoms with Crippen LogP contribution < -0.4 is 15.5 Å². The number of carbonyl (C=O) groups excluding carboxylic acids is 3. The Kier molecular flexibility index (Phi) is 5.64. The zero-order chi connectivity index (χ0) is 20.4. The van der Waals surface area contributed by atoms with Crippen LogP contribution in [-0.2, 0) is 32.0 Å². The number of ether oxygens (including phenoxy) is 1. The Morgan fingerprint density at radius 3 is 2.72 bits per heavy atom. The SMILES string of the molecule is COC(CNC(=O)C(=O)Nc1cc2c3c(c1)CCC(=O)N3CCC2)c1ccsc1. The topological polar surface area (TPSA) is 87.7 Å². The number of methoxy groups -OCH3 is 1. The third kappa shape index (κ3) is 4.04. The van der Waals surface area contributed by atoms with E-state index >= 15 is 0 Å². The molecule has 3 amide bonds. The fraction of sp³-hybridized carbons (Fsp3) is 0.381. The van der Waals surface area contributed by atoms with E-state index in [4.69, 9.17) is 4.74 Å². The third-order valence-electron chi connectivity index (χ3n) is 5.39. The first-order chi connectivity index (χ1) is 14.1. The quantitative estimate of drug-likeness (QED) is 0.737. The molecule has 3 heterocycles. The van der Waals surface area contributed by atoms with Crippen LogP contribution in [0.1, 0.15) is 35.6 Å². The standard InChI is InChI=1S/C21H23N3O4S/c1-28-17(15-6-8-29-12-15)11-22-20(26)21(27)23-16-9-13-3-2-7-24-18(25)5-4-14(10-16)19(13)24/h6,8-10,12,17H,2-5,7,11H2,1H3,(H,22,26)(H,23,27). The smallest absolute Gasteiger partial charge is 0.313 e. The van der Waals surface area contributed by atoms with Gasteiger partial charge in [-0.3, -0.25) is 14.4 Å². The molecular formula is C21H23N3O4S. The van der Waals surface area contributed by atoms with Gasteiger partial charge in [-0.05, 0) is 64.9 Å². The molecule has 1 aromatic heterocycles. The van der Waals surface area contributed by atoms with Gasteiger partial charge in [-0.25, -0.2) is 0 Å². The number of hydrogen-bond donors (Lipinski definition) is 2. The number of carbonyl (C=O) groups is 3. The van der Waals surface area contributed by atoms with Gasteiger partial charge in [0.25, 0.3) is 0 Å². The van der Waals surface area contributed by atoms with Crippen molar-refractivity contribution in [2.24, 2.45) is 0 Å². The molecule has 1 aromatic carbocycles. The summed E-state index contributed by atoms with van der Waals surface area (Å²) >= 11 is 1.55. The molecule has 0 aliphatic carbocycles. The minimum atomic E-state index is -0.711. The Morgan fingerprint density at radius 2 is 2.00 bits per heavy atom. The van der Waals surface area contributed by atoms with Crippen LogP contribution in [0.25, 0.3) is 0 Å². The van der Waals surface area contributed by atoms with Crippen molar-refractivity contribution in [1.82, 2.24) is 5.32 Å². The van der Waals surface area contributed by atoms with E-state index in [2.05, 4.69) is 10.6 Å². The molecule has 0 radical (unpaired) electrons. The molecule has 0 fully saturated rings. The van der Waals surface area contributed by atoms with Crippen molar-refractivity contribution >= 4 is 40.4 Å². The van der Waals surface area contributed by atoms with Crippen molar-refractivity contribution < 1.29 is 19.1 Å². The van der Waals surface area contributed by atoms with E-state index in [0.29, 0.717) is 18.5 Å². The Labute approximate surface area is 173 Å². The highest BCUT2D eigenvalue weighted by Gasteiger charge is 2.30. The lowest BCUT2D eigenvalue weighted by Gasteiger charge is -2.35. The van der Waals surface area contributed by atoms with Gasteiger partial charge < -0.3 is 20.3 Å². The van der Waals surface area contributed by atoms with E-state index in [-0.39, 0.29) is 18.6 Å². The summed E-state index contributed by atoms with van der Waals surface area (Å²) in [5.74, 6) is -1.25. The molecule has 8 heteroatoms. The third-order valence-corrected chi connectivity index (χ3v) is 6.09. The molecule has 1 unspecified atom stereocenters. The average molecular weight is 413 g/mol. The highest BCUT2D eigenvalue weighted by molar-refractivity contribution is 7.07. The molecule has 0 saturated carbocycles. The van der Waals surface area contributed by atoms with Crippen molar-refractivity contribution in [2.75, 3.05) is 30.4 Å². The number of rotatable bonds is 5. The summed E-state index contributed by atoms with van der Waals surface area (Å²) in [7, 11) is 1.57. The van der Waals surface area contributed by atoms with E-state index in [9.17, 15) is 14.4 Å². The molecule has 2 aliphatic rings. The lowest BCUT2D eigenvalue weighted by molar-refractivity contribution is -0.136. The number of thiophene rings is 1. The molecule has 7 nitrogen and oxygen atoms in total. The first-order valence-electron chi connectivity index (χ1n) is 9.67. The second-order valence-electron chi connectivity index (χ2n) is 7.24. The molecule has 2 N–H and O–H groups in total. The molecule has 4 rings (SSSR count). The second kappa shape index (κ2) is 8.34. The summed E-state index contributed by atoms with van der Waals surface area (Å²) in [6.07, 6.45) is 2.60. The van der Waals surface area contributed by atoms with Gasteiger partial charge in [0.15, 0.2) is 0 Å². The van der Waals surface area contributed by atoms with Crippen LogP contribution >= 0.6 is 11.3 Å². The fourth-order valence-corrected chi connectivity index (χ4v) is 4.68. The minimum absolute atomic E-state index is 0.160. The number of hydrogen-bond acceptors (Lipinski definition) is 5. The molecule has 1 atom stereocenters. The molecule has 29 heavy (non-hydrogen) atoms. The number of nitrogens with one attached hydrogen (secondary N) is 2. The van der Waals surface area contributed by atoms with E-state index in [1.807, 2.05) is 33.9 Å². The summed E-state index contributed by atoms with van der Waals surface area (Å²) in [4.78, 5) is 38.6. The van der Waals surface area contributed by atoms with Crippen LogP contribution in [0.4, 0.5) is 11.4 Å². The molecule has 152 valence electrons. The van der Waals surface area contributed by atoms with Gasteiger partial charge in [-0.1, -0.05) is 0 Å². The van der Waals surface area contributed by atoms with Gasteiger partial charge >= 0.3 is 11.8 Å². The summed E-state index contributed by atoms with van der Waals surface area (Å²) < 4.78 is 5.39. The molecule has 2 aliphatic heterocycles. The van der Waals surface area contributed by atoms with E-state index in [0.717, 1.165) is 41.8 Å². The van der Waals surface area contributed by atoms with Gasteiger partial charge in [0.05, 0.1) is 5.69 Å². The first-order valence-corrected chi connectivity index (χ1v) is 10.6. The lowest BCUT2D eigenvalue weighted by atomic mass is 9.91. The predicted molar refractivity (Wildman–Crippen MR) is 111 cm³/mol. The van der Waals surface area contributed by atoms with E-state index < -0.39 is 11.8 Å². The summed E-state index contributed by atoms with van der Waals surface area (Å²) in [5, 5.41) is 9.22. The average Bonchev–Trinajstić information content (AvgIpc) is 3.25. The van der Waals surface area contributed by atoms with Crippen molar-refractivity contribution in [3.05, 3.63) is 45.6 Å². The number of aryl methyl sites for hydroxylation is 2. The first kappa shape index (κ1) is 19.6. The highest BCUT2D eigenvalue weighted by Crippen LogP contribution is 2.37. The Morgan fingerprint density at radius 1 is 1.21 bits per heavy atom. The van der Waals surface area contributed by atoms with Crippen LogP contribution in [0.5, 0.6) is 0 Å². The number of amides is 3. The normalized spacial score (nSPS) is 16.2. The maximum Gasteiger partial charge on any atom is 0.313 e. The largest absolute Gasteiger partial charge is 0.375 e. The van der Waals surface area contributed by atoms with Gasteiger partial charge in [-0.15, -0.1) is 0 Å². The second-order valence-corrected chi connectivity index (χ2v) is 8.02. The van der Waals surface area contributed by atoms with Crippen LogP contribution in [0.15, 0.2) is 29.0 Å². The summed E-state index contributed by atoms with van der Waals surface area (Å²) in [6.45, 7) is 0.962. The zero-order valence-corrected chi connectivity index (χ0v) is 17.0. The van der Waals surface area contributed by atoms with Crippen LogP contribution in [0.2, 0.25) is 0 Å². The Bertz CT molecular complexity index is 924. The maximum absolute atomic E-state index is 12.4. The van der Waals surface area contributed by atoms with Gasteiger partial charge in [-0.2, -0.15) is 11.3 Å². The Balaban J connectivity index is 1.42. The van der Waals surface area contributed by atoms with E-state index in [1.54, 1.807) is 18.4 Å². The van der Waals surface area contributed by atoms with Gasteiger partial charge in [0, 0.05) is 32.3 Å². The zero-order valence-electron chi connectivity index (χ0n) is 16.2. The van der Waals surface area contributed by atoms with Crippen LogP contribution in [0.3, 0.4) is 0 Å². The molecule has 0 spiro atoms. The monoisotopic (exact) mass is 413 g/mol. The van der Waals surface area contributed by atoms with Crippen molar-refractivity contribution in [1.29, 1.82) is 0 Å². The number of benzene rings is 1. The van der Waals surface area contributed by atoms with Crippen molar-refractivity contribution in [3.8, 4) is 0 Å².